The molecule has 1 aliphatic rings. The van der Waals surface area contributed by atoms with E-state index in [2.05, 4.69) is 4.74 Å². The molecule has 0 bridgehead atoms. The first-order valence-electron chi connectivity index (χ1n) is 4.39. The van der Waals surface area contributed by atoms with Crippen LogP contribution in [0.1, 0.15) is 11.1 Å². The van der Waals surface area contributed by atoms with Crippen molar-refractivity contribution in [2.45, 2.75) is 6.42 Å². The number of carbonyl (C=O) groups is 1. The molecule has 0 saturated heterocycles. The van der Waals surface area contributed by atoms with Gasteiger partial charge in [-0.05, 0) is 5.56 Å². The van der Waals surface area contributed by atoms with Gasteiger partial charge in [0.25, 0.3) is 0 Å². The van der Waals surface area contributed by atoms with E-state index in [4.69, 9.17) is 5.73 Å². The lowest BCUT2D eigenvalue weighted by atomic mass is 10.1. The first-order valence-corrected chi connectivity index (χ1v) is 4.39. The van der Waals surface area contributed by atoms with Gasteiger partial charge in [-0.2, -0.15) is 0 Å². The van der Waals surface area contributed by atoms with E-state index in [9.17, 15) is 4.79 Å². The lowest BCUT2D eigenvalue weighted by Crippen LogP contribution is -2.08. The van der Waals surface area contributed by atoms with E-state index >= 15 is 0 Å². The van der Waals surface area contributed by atoms with Gasteiger partial charge in [0.2, 0.25) is 0 Å². The Balaban J connectivity index is 2.44. The molecule has 1 aliphatic carbocycles. The smallest absolute Gasteiger partial charge is 0.336 e. The quantitative estimate of drug-likeness (QED) is 0.673. The van der Waals surface area contributed by atoms with Gasteiger partial charge in [0.05, 0.1) is 12.7 Å². The molecule has 2 N–H and O–H groups in total. The molecule has 72 valence electrons. The SMILES string of the molecule is COC(=O)C1=C(N)c2ccccc2C1. The standard InChI is InChI=1S/C11H11NO2/c1-14-11(13)9-6-7-4-2-3-5-8(7)10(9)12/h2-5H,6,12H2,1H3. The Bertz CT molecular complexity index is 421. The van der Waals surface area contributed by atoms with Crippen LogP contribution in [0.25, 0.3) is 5.70 Å². The van der Waals surface area contributed by atoms with Gasteiger partial charge in [0, 0.05) is 17.7 Å². The molecule has 14 heavy (non-hydrogen) atoms. The van der Waals surface area contributed by atoms with E-state index < -0.39 is 0 Å². The molecule has 0 radical (unpaired) electrons. The van der Waals surface area contributed by atoms with Gasteiger partial charge in [-0.3, -0.25) is 0 Å². The zero-order valence-electron chi connectivity index (χ0n) is 7.91. The summed E-state index contributed by atoms with van der Waals surface area (Å²) >= 11 is 0. The van der Waals surface area contributed by atoms with Crippen LogP contribution in [0.5, 0.6) is 0 Å². The number of fused-ring (bicyclic) bond motifs is 1. The van der Waals surface area contributed by atoms with Crippen molar-refractivity contribution in [1.82, 2.24) is 0 Å². The summed E-state index contributed by atoms with van der Waals surface area (Å²) in [4.78, 5) is 11.3. The number of hydrogen-bond donors (Lipinski definition) is 1. The van der Waals surface area contributed by atoms with Gasteiger partial charge < -0.3 is 10.5 Å². The minimum atomic E-state index is -0.335. The molecule has 0 aliphatic heterocycles. The predicted octanol–water partition coefficient (Wildman–Crippen LogP) is 1.09. The Labute approximate surface area is 82.2 Å². The monoisotopic (exact) mass is 189 g/mol. The van der Waals surface area contributed by atoms with Crippen LogP contribution in [-0.2, 0) is 16.0 Å². The van der Waals surface area contributed by atoms with Crippen molar-refractivity contribution < 1.29 is 9.53 Å². The van der Waals surface area contributed by atoms with E-state index in [1.807, 2.05) is 24.3 Å². The summed E-state index contributed by atoms with van der Waals surface area (Å²) < 4.78 is 4.66. The molecule has 0 unspecified atom stereocenters. The number of nitrogens with two attached hydrogens (primary N) is 1. The maximum absolute atomic E-state index is 11.3. The number of carbonyl (C=O) groups excluding carboxylic acids is 1. The van der Waals surface area contributed by atoms with Crippen LogP contribution in [-0.4, -0.2) is 13.1 Å². The fraction of sp³-hybridized carbons (Fsp3) is 0.182. The fourth-order valence-electron chi connectivity index (χ4n) is 1.69. The molecule has 2 rings (SSSR count). The summed E-state index contributed by atoms with van der Waals surface area (Å²) in [5.74, 6) is -0.335. The van der Waals surface area contributed by atoms with E-state index in [0.29, 0.717) is 17.7 Å². The topological polar surface area (TPSA) is 52.3 Å². The summed E-state index contributed by atoms with van der Waals surface area (Å²) in [7, 11) is 1.37. The third-order valence-electron chi connectivity index (χ3n) is 2.43. The highest BCUT2D eigenvalue weighted by Gasteiger charge is 2.24. The molecule has 1 aromatic rings. The van der Waals surface area contributed by atoms with E-state index in [1.54, 1.807) is 0 Å². The van der Waals surface area contributed by atoms with E-state index in [1.165, 1.54) is 7.11 Å². The highest BCUT2D eigenvalue weighted by atomic mass is 16.5. The molecular weight excluding hydrogens is 178 g/mol. The second-order valence-corrected chi connectivity index (χ2v) is 3.22. The Morgan fingerprint density at radius 2 is 2.14 bits per heavy atom. The van der Waals surface area contributed by atoms with Crippen LogP contribution >= 0.6 is 0 Å². The highest BCUT2D eigenvalue weighted by molar-refractivity contribution is 6.00. The van der Waals surface area contributed by atoms with Crippen molar-refractivity contribution in [2.24, 2.45) is 5.73 Å². The Morgan fingerprint density at radius 3 is 2.79 bits per heavy atom. The summed E-state index contributed by atoms with van der Waals surface area (Å²) in [6.45, 7) is 0. The van der Waals surface area contributed by atoms with Crippen LogP contribution in [0.2, 0.25) is 0 Å². The zero-order chi connectivity index (χ0) is 10.1. The van der Waals surface area contributed by atoms with Crippen molar-refractivity contribution in [3.8, 4) is 0 Å². The van der Waals surface area contributed by atoms with Crippen LogP contribution in [0.4, 0.5) is 0 Å². The molecule has 0 saturated carbocycles. The lowest BCUT2D eigenvalue weighted by Gasteiger charge is -1.99. The fourth-order valence-corrected chi connectivity index (χ4v) is 1.69. The molecule has 0 aromatic heterocycles. The third kappa shape index (κ3) is 1.18. The minimum absolute atomic E-state index is 0.335. The Morgan fingerprint density at radius 1 is 1.43 bits per heavy atom. The summed E-state index contributed by atoms with van der Waals surface area (Å²) in [6, 6.07) is 7.73. The molecule has 1 aromatic carbocycles. The molecule has 0 amide bonds. The van der Waals surface area contributed by atoms with Crippen molar-refractivity contribution >= 4 is 11.7 Å². The van der Waals surface area contributed by atoms with Crippen LogP contribution in [0.15, 0.2) is 29.8 Å². The van der Waals surface area contributed by atoms with Gasteiger partial charge in [-0.1, -0.05) is 24.3 Å². The van der Waals surface area contributed by atoms with Gasteiger partial charge >= 0.3 is 5.97 Å². The molecule has 0 fully saturated rings. The van der Waals surface area contributed by atoms with Gasteiger partial charge in [0.1, 0.15) is 0 Å². The maximum atomic E-state index is 11.3. The molecule has 0 heterocycles. The predicted molar refractivity (Wildman–Crippen MR) is 53.3 cm³/mol. The second kappa shape index (κ2) is 3.18. The molecule has 0 atom stereocenters. The van der Waals surface area contributed by atoms with Crippen molar-refractivity contribution in [3.05, 3.63) is 41.0 Å². The van der Waals surface area contributed by atoms with Crippen LogP contribution < -0.4 is 5.73 Å². The number of benzene rings is 1. The first-order chi connectivity index (χ1) is 6.74. The number of methoxy groups -OCH3 is 1. The maximum Gasteiger partial charge on any atom is 0.336 e. The highest BCUT2D eigenvalue weighted by Crippen LogP contribution is 2.29. The van der Waals surface area contributed by atoms with Gasteiger partial charge in [0.15, 0.2) is 0 Å². The summed E-state index contributed by atoms with van der Waals surface area (Å²) in [5, 5.41) is 0. The van der Waals surface area contributed by atoms with Crippen molar-refractivity contribution in [3.63, 3.8) is 0 Å². The first kappa shape index (κ1) is 8.81. The largest absolute Gasteiger partial charge is 0.466 e. The summed E-state index contributed by atoms with van der Waals surface area (Å²) in [6.07, 6.45) is 0.578. The van der Waals surface area contributed by atoms with E-state index in [-0.39, 0.29) is 5.97 Å². The zero-order valence-corrected chi connectivity index (χ0v) is 7.91. The molecular formula is C11H11NO2. The van der Waals surface area contributed by atoms with E-state index in [0.717, 1.165) is 11.1 Å². The number of ether oxygens (including phenoxy) is 1. The van der Waals surface area contributed by atoms with Crippen LogP contribution in [0.3, 0.4) is 0 Å². The van der Waals surface area contributed by atoms with Gasteiger partial charge in [-0.25, -0.2) is 4.79 Å². The average Bonchev–Trinajstić information content (AvgIpc) is 2.56. The molecule has 0 spiro atoms. The third-order valence-corrected chi connectivity index (χ3v) is 2.43. The Hall–Kier alpha value is -1.77. The average molecular weight is 189 g/mol. The Kier molecular flexibility index (Phi) is 2.00. The molecule has 3 nitrogen and oxygen atoms in total. The number of hydrogen-bond acceptors (Lipinski definition) is 3. The van der Waals surface area contributed by atoms with Crippen molar-refractivity contribution in [1.29, 1.82) is 0 Å². The number of esters is 1. The van der Waals surface area contributed by atoms with Crippen LogP contribution in [0, 0.1) is 0 Å². The normalized spacial score (nSPS) is 14.1. The van der Waals surface area contributed by atoms with Gasteiger partial charge in [-0.15, -0.1) is 0 Å². The number of rotatable bonds is 1. The lowest BCUT2D eigenvalue weighted by molar-refractivity contribution is -0.136. The second-order valence-electron chi connectivity index (χ2n) is 3.22. The molecule has 3 heteroatoms. The van der Waals surface area contributed by atoms with Crippen molar-refractivity contribution in [2.75, 3.05) is 7.11 Å². The minimum Gasteiger partial charge on any atom is -0.466 e. The summed E-state index contributed by atoms with van der Waals surface area (Å²) in [5.41, 5.74) is 9.00.